The van der Waals surface area contributed by atoms with E-state index in [1.54, 1.807) is 11.3 Å². The van der Waals surface area contributed by atoms with Crippen LogP contribution in [0.4, 0.5) is 23.5 Å². The SMILES string of the molecule is Cc1nc(COCC[C@H]2CO[C@H]3CN(c4ncc(F)cn4)C[C@@H]23)cs1.O=C(O)C(F)(F)F. The highest BCUT2D eigenvalue weighted by molar-refractivity contribution is 7.09. The molecule has 2 fully saturated rings. The van der Waals surface area contributed by atoms with E-state index in [4.69, 9.17) is 19.4 Å². The van der Waals surface area contributed by atoms with Crippen molar-refractivity contribution in [1.82, 2.24) is 15.0 Å². The summed E-state index contributed by atoms with van der Waals surface area (Å²) < 4.78 is 56.4. The molecule has 0 aromatic carbocycles. The van der Waals surface area contributed by atoms with Crippen LogP contribution in [0.2, 0.25) is 0 Å². The fraction of sp³-hybridized carbons (Fsp3) is 0.579. The summed E-state index contributed by atoms with van der Waals surface area (Å²) in [6.45, 7) is 5.69. The molecular weight excluding hydrogens is 456 g/mol. The minimum absolute atomic E-state index is 0.208. The number of nitrogens with zero attached hydrogens (tertiary/aromatic N) is 4. The van der Waals surface area contributed by atoms with Crippen LogP contribution in [0.3, 0.4) is 0 Å². The first-order valence-electron chi connectivity index (χ1n) is 9.76. The number of aliphatic carboxylic acids is 1. The molecule has 0 amide bonds. The van der Waals surface area contributed by atoms with Gasteiger partial charge in [-0.2, -0.15) is 13.2 Å². The third kappa shape index (κ3) is 6.56. The molecule has 0 spiro atoms. The monoisotopic (exact) mass is 478 g/mol. The van der Waals surface area contributed by atoms with Crippen molar-refractivity contribution in [3.8, 4) is 0 Å². The largest absolute Gasteiger partial charge is 0.490 e. The van der Waals surface area contributed by atoms with Crippen LogP contribution >= 0.6 is 11.3 Å². The van der Waals surface area contributed by atoms with E-state index in [9.17, 15) is 17.6 Å². The normalized spacial score (nSPS) is 22.4. The predicted molar refractivity (Wildman–Crippen MR) is 106 cm³/mol. The van der Waals surface area contributed by atoms with Crippen LogP contribution in [0.25, 0.3) is 0 Å². The molecule has 8 nitrogen and oxygen atoms in total. The average Bonchev–Trinajstić information content (AvgIpc) is 3.42. The van der Waals surface area contributed by atoms with Crippen molar-refractivity contribution in [2.75, 3.05) is 31.2 Å². The summed E-state index contributed by atoms with van der Waals surface area (Å²) in [5.41, 5.74) is 1.00. The highest BCUT2D eigenvalue weighted by Crippen LogP contribution is 2.36. The molecule has 32 heavy (non-hydrogen) atoms. The molecule has 0 saturated carbocycles. The van der Waals surface area contributed by atoms with Gasteiger partial charge in [0.05, 0.1) is 42.4 Å². The molecule has 1 N–H and O–H groups in total. The summed E-state index contributed by atoms with van der Waals surface area (Å²) in [4.78, 5) is 23.5. The zero-order chi connectivity index (χ0) is 23.3. The first-order valence-corrected chi connectivity index (χ1v) is 10.6. The molecule has 0 bridgehead atoms. The third-order valence-electron chi connectivity index (χ3n) is 5.12. The van der Waals surface area contributed by atoms with Crippen molar-refractivity contribution in [2.24, 2.45) is 11.8 Å². The minimum Gasteiger partial charge on any atom is -0.475 e. The summed E-state index contributed by atoms with van der Waals surface area (Å²) in [6.07, 6.45) is -1.48. The van der Waals surface area contributed by atoms with Crippen molar-refractivity contribution in [3.63, 3.8) is 0 Å². The summed E-state index contributed by atoms with van der Waals surface area (Å²) in [5, 5.41) is 10.2. The van der Waals surface area contributed by atoms with Crippen LogP contribution in [0.1, 0.15) is 17.1 Å². The van der Waals surface area contributed by atoms with E-state index in [-0.39, 0.29) is 6.10 Å². The van der Waals surface area contributed by atoms with E-state index in [0.717, 1.165) is 36.8 Å². The molecule has 0 aliphatic carbocycles. The number of rotatable bonds is 6. The second-order valence-electron chi connectivity index (χ2n) is 7.40. The lowest BCUT2D eigenvalue weighted by atomic mass is 9.91. The van der Waals surface area contributed by atoms with Crippen LogP contribution in [-0.2, 0) is 20.9 Å². The zero-order valence-electron chi connectivity index (χ0n) is 17.1. The summed E-state index contributed by atoms with van der Waals surface area (Å²) in [7, 11) is 0. The van der Waals surface area contributed by atoms with E-state index in [2.05, 4.69) is 19.9 Å². The van der Waals surface area contributed by atoms with Gasteiger partial charge in [0.25, 0.3) is 0 Å². The first kappa shape index (κ1) is 24.3. The van der Waals surface area contributed by atoms with Gasteiger partial charge in [0, 0.05) is 31.0 Å². The summed E-state index contributed by atoms with van der Waals surface area (Å²) in [5.74, 6) is -1.66. The molecule has 176 valence electrons. The number of alkyl halides is 3. The second-order valence-corrected chi connectivity index (χ2v) is 8.47. The van der Waals surface area contributed by atoms with E-state index < -0.39 is 18.0 Å². The van der Waals surface area contributed by atoms with E-state index >= 15 is 0 Å². The lowest BCUT2D eigenvalue weighted by Gasteiger charge is -2.19. The predicted octanol–water partition coefficient (Wildman–Crippen LogP) is 3.07. The van der Waals surface area contributed by atoms with Crippen LogP contribution in [0.15, 0.2) is 17.8 Å². The standard InChI is InChI=1S/C17H21FN4O2S.C2HF3O2/c1-11-21-14(10-25-11)9-23-3-2-12-8-24-16-7-22(6-15(12)16)17-19-4-13(18)5-20-17;3-2(4,5)1(6)7/h4-5,10,12,15-16H,2-3,6-9H2,1H3;(H,6,7)/t12-,15-,16-;/m0./s1. The number of anilines is 1. The van der Waals surface area contributed by atoms with Gasteiger partial charge in [-0.3, -0.25) is 0 Å². The van der Waals surface area contributed by atoms with E-state index in [1.165, 1.54) is 12.4 Å². The van der Waals surface area contributed by atoms with Crippen molar-refractivity contribution >= 4 is 23.3 Å². The number of carboxylic acid groups (broad SMARTS) is 1. The number of carboxylic acids is 1. The quantitative estimate of drug-likeness (QED) is 0.500. The van der Waals surface area contributed by atoms with Gasteiger partial charge in [-0.15, -0.1) is 11.3 Å². The molecule has 4 rings (SSSR count). The lowest BCUT2D eigenvalue weighted by molar-refractivity contribution is -0.192. The zero-order valence-corrected chi connectivity index (χ0v) is 17.9. The third-order valence-corrected chi connectivity index (χ3v) is 5.94. The lowest BCUT2D eigenvalue weighted by Crippen LogP contribution is -2.26. The Balaban J connectivity index is 0.000000360. The van der Waals surface area contributed by atoms with Crippen molar-refractivity contribution in [1.29, 1.82) is 0 Å². The van der Waals surface area contributed by atoms with Gasteiger partial charge < -0.3 is 19.5 Å². The van der Waals surface area contributed by atoms with E-state index in [0.29, 0.717) is 31.0 Å². The first-order chi connectivity index (χ1) is 15.1. The average molecular weight is 478 g/mol. The molecule has 4 heterocycles. The highest BCUT2D eigenvalue weighted by atomic mass is 32.1. The fourth-order valence-electron chi connectivity index (χ4n) is 3.61. The number of aryl methyl sites for hydroxylation is 1. The molecule has 0 radical (unpaired) electrons. The molecule has 2 aromatic heterocycles. The Bertz CT molecular complexity index is 896. The molecule has 2 aliphatic rings. The van der Waals surface area contributed by atoms with Crippen molar-refractivity contribution < 1.29 is 36.9 Å². The van der Waals surface area contributed by atoms with Gasteiger partial charge in [-0.1, -0.05) is 0 Å². The van der Waals surface area contributed by atoms with E-state index in [1.807, 2.05) is 12.3 Å². The highest BCUT2D eigenvalue weighted by Gasteiger charge is 2.44. The maximum absolute atomic E-state index is 13.0. The van der Waals surface area contributed by atoms with Crippen LogP contribution in [0.5, 0.6) is 0 Å². The number of thiazole rings is 1. The number of aromatic nitrogens is 3. The van der Waals surface area contributed by atoms with Gasteiger partial charge in [0.15, 0.2) is 5.82 Å². The summed E-state index contributed by atoms with van der Waals surface area (Å²) >= 11 is 1.65. The van der Waals surface area contributed by atoms with Gasteiger partial charge in [0.2, 0.25) is 5.95 Å². The Morgan fingerprint density at radius 1 is 1.34 bits per heavy atom. The minimum atomic E-state index is -5.08. The smallest absolute Gasteiger partial charge is 0.475 e. The van der Waals surface area contributed by atoms with Crippen molar-refractivity contribution in [2.45, 2.75) is 32.2 Å². The Morgan fingerprint density at radius 2 is 2.03 bits per heavy atom. The molecule has 2 aromatic rings. The topological polar surface area (TPSA) is 97.7 Å². The number of hydrogen-bond acceptors (Lipinski definition) is 8. The molecular formula is C19H22F4N4O4S. The number of ether oxygens (including phenoxy) is 2. The van der Waals surface area contributed by atoms with Crippen LogP contribution in [-0.4, -0.2) is 64.6 Å². The molecule has 2 aliphatic heterocycles. The van der Waals surface area contributed by atoms with Crippen molar-refractivity contribution in [3.05, 3.63) is 34.3 Å². The number of carbonyl (C=O) groups is 1. The van der Waals surface area contributed by atoms with Gasteiger partial charge >= 0.3 is 12.1 Å². The molecule has 0 unspecified atom stereocenters. The maximum atomic E-state index is 13.0. The second kappa shape index (κ2) is 10.5. The van der Waals surface area contributed by atoms with Gasteiger partial charge in [-0.25, -0.2) is 24.1 Å². The Hall–Kier alpha value is -2.38. The Kier molecular flexibility index (Phi) is 7.96. The summed E-state index contributed by atoms with van der Waals surface area (Å²) in [6, 6.07) is 0. The number of hydrogen-bond donors (Lipinski definition) is 1. The maximum Gasteiger partial charge on any atom is 0.490 e. The molecule has 3 atom stereocenters. The Morgan fingerprint density at radius 3 is 2.62 bits per heavy atom. The molecule has 13 heteroatoms. The number of fused-ring (bicyclic) bond motifs is 1. The molecule has 2 saturated heterocycles. The number of halogens is 4. The van der Waals surface area contributed by atoms with Gasteiger partial charge in [-0.05, 0) is 19.3 Å². The van der Waals surface area contributed by atoms with Crippen LogP contribution in [0, 0.1) is 24.6 Å². The Labute approximate surface area is 185 Å². The van der Waals surface area contributed by atoms with Crippen LogP contribution < -0.4 is 4.90 Å². The fourth-order valence-corrected chi connectivity index (χ4v) is 4.21. The van der Waals surface area contributed by atoms with Gasteiger partial charge in [0.1, 0.15) is 0 Å².